The van der Waals surface area contributed by atoms with Gasteiger partial charge in [0.1, 0.15) is 10.8 Å². The molecule has 1 N–H and O–H groups in total. The molecular weight excluding hydrogens is 593 g/mol. The minimum atomic E-state index is 0.233. The van der Waals surface area contributed by atoms with Crippen molar-refractivity contribution < 1.29 is 5.11 Å². The number of aryl methyl sites for hydroxylation is 2. The van der Waals surface area contributed by atoms with Crippen molar-refractivity contribution in [2.45, 2.75) is 13.8 Å². The molecule has 1 aromatic heterocycles. The van der Waals surface area contributed by atoms with Gasteiger partial charge in [-0.15, -0.1) is 58.6 Å². The molecule has 0 bridgehead atoms. The molecule has 152 valence electrons. The Bertz CT molecular complexity index is 1180. The summed E-state index contributed by atoms with van der Waals surface area (Å²) in [6, 6.07) is 19.3. The van der Waals surface area contributed by atoms with E-state index in [1.807, 2.05) is 31.2 Å². The molecule has 30 heavy (non-hydrogen) atoms. The third-order valence-corrected chi connectivity index (χ3v) is 5.18. The zero-order valence-corrected chi connectivity index (χ0v) is 21.8. The van der Waals surface area contributed by atoms with Crippen LogP contribution in [-0.4, -0.2) is 13.3 Å². The fourth-order valence-corrected chi connectivity index (χ4v) is 3.76. The highest BCUT2D eigenvalue weighted by Crippen LogP contribution is 2.32. The summed E-state index contributed by atoms with van der Waals surface area (Å²) in [6.45, 7) is 3.99. The van der Waals surface area contributed by atoms with Crippen LogP contribution in [-0.2, 0) is 0 Å². The molecule has 0 amide bonds. The number of benzene rings is 3. The first-order chi connectivity index (χ1) is 14.3. The van der Waals surface area contributed by atoms with Crippen molar-refractivity contribution in [2.24, 2.45) is 10.2 Å². The van der Waals surface area contributed by atoms with Gasteiger partial charge >= 0.3 is 3.18 Å². The number of aromatic nitrogens is 1. The molecule has 1 heterocycles. The Labute approximate surface area is 204 Å². The lowest BCUT2D eigenvalue weighted by molar-refractivity contribution is 0.475. The fraction of sp³-hybridized carbons (Fsp3) is 0.0952. The zero-order chi connectivity index (χ0) is 21.7. The predicted octanol–water partition coefficient (Wildman–Crippen LogP) is 8.86. The molecule has 0 fully saturated rings. The summed E-state index contributed by atoms with van der Waals surface area (Å²) in [4.78, 5) is 4.71. The van der Waals surface area contributed by atoms with Gasteiger partial charge in [0.15, 0.2) is 0 Å². The van der Waals surface area contributed by atoms with Crippen LogP contribution in [0.5, 0.6) is 5.75 Å². The summed E-state index contributed by atoms with van der Waals surface area (Å²) in [5.74, 6) is 0.233. The first-order valence-electron chi connectivity index (χ1n) is 8.93. The molecule has 3 aromatic carbocycles. The van der Waals surface area contributed by atoms with E-state index in [1.165, 1.54) is 10.3 Å². The van der Waals surface area contributed by atoms with Crippen LogP contribution in [0.4, 0.5) is 11.4 Å². The van der Waals surface area contributed by atoms with E-state index in [0.29, 0.717) is 0 Å². The number of hydrogen-bond acceptors (Lipinski definition) is 5. The lowest BCUT2D eigenvalue weighted by Gasteiger charge is -2.00. The molecule has 0 aliphatic carbocycles. The third kappa shape index (κ3) is 6.47. The summed E-state index contributed by atoms with van der Waals surface area (Å²) in [7, 11) is 0. The van der Waals surface area contributed by atoms with E-state index >= 15 is 0 Å². The van der Waals surface area contributed by atoms with Crippen molar-refractivity contribution in [3.63, 3.8) is 0 Å². The van der Waals surface area contributed by atoms with Crippen LogP contribution in [0, 0.1) is 13.8 Å². The topological polar surface area (TPSA) is 57.8 Å². The number of aromatic hydroxyl groups is 1. The second-order valence-corrected chi connectivity index (χ2v) is 13.9. The third-order valence-electron chi connectivity index (χ3n) is 4.11. The Balaban J connectivity index is 0.000000589. The largest absolute Gasteiger partial charge is 0.508 e. The highest BCUT2D eigenvalue weighted by atomic mass is 79.9. The molecule has 0 radical (unpaired) electrons. The number of hydrogen-bond donors (Lipinski definition) is 1. The molecular formula is C21H17BBr3N3OS. The van der Waals surface area contributed by atoms with Crippen LogP contribution in [0.25, 0.3) is 20.8 Å². The molecule has 9 heteroatoms. The van der Waals surface area contributed by atoms with Crippen LogP contribution >= 0.6 is 58.6 Å². The highest BCUT2D eigenvalue weighted by Gasteiger charge is 2.06. The zero-order valence-electron chi connectivity index (χ0n) is 16.2. The average Bonchev–Trinajstić information content (AvgIpc) is 3.10. The van der Waals surface area contributed by atoms with Gasteiger partial charge in [0.25, 0.3) is 0 Å². The van der Waals surface area contributed by atoms with Crippen molar-refractivity contribution in [1.29, 1.82) is 0 Å². The van der Waals surface area contributed by atoms with Crippen molar-refractivity contribution in [3.05, 3.63) is 71.8 Å². The number of halogens is 3. The van der Waals surface area contributed by atoms with Crippen molar-refractivity contribution in [1.82, 2.24) is 4.98 Å². The van der Waals surface area contributed by atoms with E-state index in [1.54, 1.807) is 29.5 Å². The Kier molecular flexibility index (Phi) is 8.22. The van der Waals surface area contributed by atoms with E-state index < -0.39 is 0 Å². The van der Waals surface area contributed by atoms with Crippen LogP contribution < -0.4 is 0 Å². The van der Waals surface area contributed by atoms with Crippen LogP contribution in [0.2, 0.25) is 0 Å². The Hall–Kier alpha value is -1.55. The van der Waals surface area contributed by atoms with Gasteiger partial charge < -0.3 is 5.11 Å². The SMILES string of the molecule is BrB(Br)Br.Cc1ccc2nc(-c3ccc(N=Nc4ccc(O)cc4C)cc3)sc2c1. The minimum absolute atomic E-state index is 0.233. The van der Waals surface area contributed by atoms with Gasteiger partial charge in [-0.3, -0.25) is 0 Å². The van der Waals surface area contributed by atoms with Gasteiger partial charge in [0.05, 0.1) is 21.6 Å². The highest BCUT2D eigenvalue weighted by molar-refractivity contribution is 9.69. The van der Waals surface area contributed by atoms with Gasteiger partial charge in [-0.2, -0.15) is 10.2 Å². The number of fused-ring (bicyclic) bond motifs is 1. The lowest BCUT2D eigenvalue weighted by atomic mass is 10.2. The van der Waals surface area contributed by atoms with Gasteiger partial charge in [-0.1, -0.05) is 6.07 Å². The molecule has 0 aliphatic heterocycles. The molecule has 0 aliphatic rings. The fourth-order valence-electron chi connectivity index (χ4n) is 2.69. The Morgan fingerprint density at radius 3 is 2.27 bits per heavy atom. The second kappa shape index (κ2) is 10.7. The lowest BCUT2D eigenvalue weighted by Crippen LogP contribution is -1.76. The standard InChI is InChI=1S/C21H17N3OS.BBr3/c1-13-3-9-19-20(11-13)26-21(22-19)15-4-6-16(7-5-15)23-24-18-10-8-17(25)12-14(18)2;2-1(3)4/h3-12,25H,1-2H3;. The van der Waals surface area contributed by atoms with Gasteiger partial charge in [0.2, 0.25) is 0 Å². The summed E-state index contributed by atoms with van der Waals surface area (Å²) in [6.07, 6.45) is 0. The predicted molar refractivity (Wildman–Crippen MR) is 139 cm³/mol. The van der Waals surface area contributed by atoms with E-state index in [0.717, 1.165) is 33.0 Å². The number of thiazole rings is 1. The van der Waals surface area contributed by atoms with Gasteiger partial charge in [-0.25, -0.2) is 4.98 Å². The number of phenols is 1. The Morgan fingerprint density at radius 1 is 0.900 bits per heavy atom. The summed E-state index contributed by atoms with van der Waals surface area (Å²) < 4.78 is 1.47. The molecule has 4 nitrogen and oxygen atoms in total. The maximum Gasteiger partial charge on any atom is 0.369 e. The molecule has 0 atom stereocenters. The van der Waals surface area contributed by atoms with Crippen LogP contribution in [0.1, 0.15) is 11.1 Å². The molecule has 4 rings (SSSR count). The number of nitrogens with zero attached hydrogens (tertiary/aromatic N) is 3. The van der Waals surface area contributed by atoms with E-state index in [4.69, 9.17) is 4.98 Å². The van der Waals surface area contributed by atoms with Crippen LogP contribution in [0.3, 0.4) is 0 Å². The number of rotatable bonds is 3. The Morgan fingerprint density at radius 2 is 1.60 bits per heavy atom. The first kappa shape index (κ1) is 23.1. The van der Waals surface area contributed by atoms with Crippen molar-refractivity contribution in [2.75, 3.05) is 0 Å². The molecule has 0 saturated heterocycles. The average molecular weight is 610 g/mol. The quantitative estimate of drug-likeness (QED) is 0.186. The summed E-state index contributed by atoms with van der Waals surface area (Å²) in [5, 5.41) is 19.0. The van der Waals surface area contributed by atoms with Crippen LogP contribution in [0.15, 0.2) is 70.9 Å². The molecule has 4 aromatic rings. The van der Waals surface area contributed by atoms with Gasteiger partial charge in [0, 0.05) is 5.56 Å². The molecule has 0 spiro atoms. The minimum Gasteiger partial charge on any atom is -0.508 e. The van der Waals surface area contributed by atoms with E-state index in [2.05, 4.69) is 82.6 Å². The van der Waals surface area contributed by atoms with Gasteiger partial charge in [-0.05, 0) is 79.6 Å². The normalized spacial score (nSPS) is 10.8. The van der Waals surface area contributed by atoms with Crippen molar-refractivity contribution >= 4 is 83.4 Å². The van der Waals surface area contributed by atoms with E-state index in [9.17, 15) is 5.11 Å². The summed E-state index contributed by atoms with van der Waals surface area (Å²) in [5.41, 5.74) is 5.75. The second-order valence-electron chi connectivity index (χ2n) is 6.46. The monoisotopic (exact) mass is 607 g/mol. The first-order valence-corrected chi connectivity index (χ1v) is 12.5. The maximum atomic E-state index is 9.45. The summed E-state index contributed by atoms with van der Waals surface area (Å²) >= 11 is 11.0. The maximum absolute atomic E-state index is 9.45. The number of azo groups is 1. The number of phenolic OH excluding ortho intramolecular Hbond substituents is 1. The smallest absolute Gasteiger partial charge is 0.369 e. The van der Waals surface area contributed by atoms with Crippen molar-refractivity contribution in [3.8, 4) is 16.3 Å². The van der Waals surface area contributed by atoms with E-state index in [-0.39, 0.29) is 8.93 Å². The molecule has 0 unspecified atom stereocenters. The molecule has 0 saturated carbocycles.